The summed E-state index contributed by atoms with van der Waals surface area (Å²) in [6.45, 7) is 9.85. The molecule has 1 aromatic heterocycles. The number of likely N-dealkylation sites (N-methyl/N-ethyl adjacent to an activating group) is 1. The summed E-state index contributed by atoms with van der Waals surface area (Å²) in [6, 6.07) is 3.73. The number of hydrogen-bond donors (Lipinski definition) is 2. The van der Waals surface area contributed by atoms with Crippen LogP contribution in [0.1, 0.15) is 20.8 Å². The van der Waals surface area contributed by atoms with E-state index in [1.165, 1.54) is 0 Å². The fourth-order valence-electron chi connectivity index (χ4n) is 1.80. The van der Waals surface area contributed by atoms with Crippen LogP contribution in [0, 0.1) is 0 Å². The summed E-state index contributed by atoms with van der Waals surface area (Å²) in [5.41, 5.74) is 0.891. The number of aromatic nitrogens is 1. The van der Waals surface area contributed by atoms with E-state index in [-0.39, 0.29) is 6.10 Å². The minimum Gasteiger partial charge on any atom is -0.478 e. The van der Waals surface area contributed by atoms with Crippen LogP contribution in [-0.2, 0) is 0 Å². The predicted octanol–water partition coefficient (Wildman–Crippen LogP) is 1.59. The van der Waals surface area contributed by atoms with Gasteiger partial charge >= 0.3 is 0 Å². The van der Waals surface area contributed by atoms with Crippen molar-refractivity contribution in [2.24, 2.45) is 0 Å². The van der Waals surface area contributed by atoms with Gasteiger partial charge in [-0.3, -0.25) is 0 Å². The second-order valence-corrected chi connectivity index (χ2v) is 4.34. The van der Waals surface area contributed by atoms with Gasteiger partial charge in [0.25, 0.3) is 0 Å². The molecule has 1 rings (SSSR count). The first-order chi connectivity index (χ1) is 9.19. The van der Waals surface area contributed by atoms with Crippen LogP contribution in [-0.4, -0.2) is 53.9 Å². The van der Waals surface area contributed by atoms with E-state index in [4.69, 9.17) is 4.74 Å². The maximum atomic E-state index is 9.93. The molecule has 19 heavy (non-hydrogen) atoms. The highest BCUT2D eigenvalue weighted by Gasteiger charge is 2.08. The van der Waals surface area contributed by atoms with E-state index in [1.54, 1.807) is 6.20 Å². The zero-order chi connectivity index (χ0) is 14.1. The molecule has 2 N–H and O–H groups in total. The highest BCUT2D eigenvalue weighted by Crippen LogP contribution is 2.11. The van der Waals surface area contributed by atoms with Crippen molar-refractivity contribution in [2.75, 3.05) is 38.1 Å². The molecule has 1 atom stereocenters. The van der Waals surface area contributed by atoms with Gasteiger partial charge in [-0.1, -0.05) is 13.8 Å². The maximum absolute atomic E-state index is 9.93. The van der Waals surface area contributed by atoms with Gasteiger partial charge in [-0.05, 0) is 26.1 Å². The standard InChI is InChI=1S/C14H25N3O2/c1-4-17(5-2)11-13(18)10-15-12-7-8-14(16-9-12)19-6-3/h7-9,13,15,18H,4-6,10-11H2,1-3H3. The van der Waals surface area contributed by atoms with Gasteiger partial charge in [0, 0.05) is 19.2 Å². The average Bonchev–Trinajstić information content (AvgIpc) is 2.44. The molecule has 1 unspecified atom stereocenters. The molecule has 5 heteroatoms. The number of nitrogens with zero attached hydrogens (tertiary/aromatic N) is 2. The second kappa shape index (κ2) is 8.72. The van der Waals surface area contributed by atoms with Crippen molar-refractivity contribution in [1.82, 2.24) is 9.88 Å². The number of rotatable bonds is 9. The van der Waals surface area contributed by atoms with E-state index in [9.17, 15) is 5.11 Å². The summed E-state index contributed by atoms with van der Waals surface area (Å²) in [4.78, 5) is 6.36. The van der Waals surface area contributed by atoms with Gasteiger partial charge in [0.05, 0.1) is 24.6 Å². The third-order valence-corrected chi connectivity index (χ3v) is 2.93. The number of aliphatic hydroxyl groups excluding tert-OH is 1. The summed E-state index contributed by atoms with van der Waals surface area (Å²) in [5.74, 6) is 0.622. The number of anilines is 1. The van der Waals surface area contributed by atoms with Crippen LogP contribution in [0.5, 0.6) is 5.88 Å². The maximum Gasteiger partial charge on any atom is 0.213 e. The van der Waals surface area contributed by atoms with Gasteiger partial charge in [0.15, 0.2) is 0 Å². The molecule has 0 bridgehead atoms. The molecule has 0 radical (unpaired) electrons. The van der Waals surface area contributed by atoms with Gasteiger partial charge in [0.2, 0.25) is 5.88 Å². The lowest BCUT2D eigenvalue weighted by molar-refractivity contribution is 0.128. The Morgan fingerprint density at radius 1 is 1.32 bits per heavy atom. The Kier molecular flexibility index (Phi) is 7.22. The molecule has 1 aromatic rings. The van der Waals surface area contributed by atoms with E-state index < -0.39 is 0 Å². The minimum absolute atomic E-state index is 0.383. The molecule has 108 valence electrons. The first-order valence-corrected chi connectivity index (χ1v) is 6.92. The Morgan fingerprint density at radius 2 is 2.05 bits per heavy atom. The fourth-order valence-corrected chi connectivity index (χ4v) is 1.80. The van der Waals surface area contributed by atoms with Crippen molar-refractivity contribution in [3.63, 3.8) is 0 Å². The zero-order valence-electron chi connectivity index (χ0n) is 12.1. The third kappa shape index (κ3) is 5.89. The zero-order valence-corrected chi connectivity index (χ0v) is 12.1. The predicted molar refractivity (Wildman–Crippen MR) is 77.7 cm³/mol. The third-order valence-electron chi connectivity index (χ3n) is 2.93. The van der Waals surface area contributed by atoms with Crippen LogP contribution >= 0.6 is 0 Å². The first-order valence-electron chi connectivity index (χ1n) is 6.92. The molecule has 0 aliphatic carbocycles. The molecule has 0 amide bonds. The smallest absolute Gasteiger partial charge is 0.213 e. The number of aliphatic hydroxyl groups is 1. The largest absolute Gasteiger partial charge is 0.478 e. The summed E-state index contributed by atoms with van der Waals surface area (Å²) >= 11 is 0. The van der Waals surface area contributed by atoms with Gasteiger partial charge in [0.1, 0.15) is 0 Å². The molecule has 1 heterocycles. The summed E-state index contributed by atoms with van der Waals surface area (Å²) < 4.78 is 5.27. The SMILES string of the molecule is CCOc1ccc(NCC(O)CN(CC)CC)cn1. The van der Waals surface area contributed by atoms with Crippen LogP contribution < -0.4 is 10.1 Å². The van der Waals surface area contributed by atoms with E-state index in [0.717, 1.165) is 18.8 Å². The van der Waals surface area contributed by atoms with Gasteiger partial charge in [-0.15, -0.1) is 0 Å². The Bertz CT molecular complexity index is 339. The first kappa shape index (κ1) is 15.7. The highest BCUT2D eigenvalue weighted by atomic mass is 16.5. The number of pyridine rings is 1. The molecule has 0 aliphatic heterocycles. The summed E-state index contributed by atoms with van der Waals surface area (Å²) in [5, 5.41) is 13.1. The molecule has 0 saturated carbocycles. The number of hydrogen-bond acceptors (Lipinski definition) is 5. The highest BCUT2D eigenvalue weighted by molar-refractivity contribution is 5.42. The molecular formula is C14H25N3O2. The number of ether oxygens (including phenoxy) is 1. The van der Waals surface area contributed by atoms with Crippen molar-refractivity contribution < 1.29 is 9.84 Å². The Hall–Kier alpha value is -1.33. The normalized spacial score (nSPS) is 12.5. The average molecular weight is 267 g/mol. The van der Waals surface area contributed by atoms with Crippen molar-refractivity contribution in [3.8, 4) is 5.88 Å². The molecule has 0 saturated heterocycles. The molecule has 0 spiro atoms. The van der Waals surface area contributed by atoms with Gasteiger partial charge < -0.3 is 20.1 Å². The lowest BCUT2D eigenvalue weighted by atomic mass is 10.3. The Morgan fingerprint density at radius 3 is 2.58 bits per heavy atom. The van der Waals surface area contributed by atoms with Crippen LogP contribution in [0.3, 0.4) is 0 Å². The van der Waals surface area contributed by atoms with Crippen LogP contribution in [0.4, 0.5) is 5.69 Å². The molecule has 0 aromatic carbocycles. The van der Waals surface area contributed by atoms with E-state index in [2.05, 4.69) is 29.0 Å². The Labute approximate surface area is 115 Å². The van der Waals surface area contributed by atoms with Crippen molar-refractivity contribution in [1.29, 1.82) is 0 Å². The molecule has 5 nitrogen and oxygen atoms in total. The lowest BCUT2D eigenvalue weighted by Gasteiger charge is -2.22. The second-order valence-electron chi connectivity index (χ2n) is 4.34. The molecular weight excluding hydrogens is 242 g/mol. The summed E-state index contributed by atoms with van der Waals surface area (Å²) in [7, 11) is 0. The van der Waals surface area contributed by atoms with E-state index in [0.29, 0.717) is 25.6 Å². The van der Waals surface area contributed by atoms with Crippen molar-refractivity contribution >= 4 is 5.69 Å². The quantitative estimate of drug-likeness (QED) is 0.711. The van der Waals surface area contributed by atoms with Gasteiger partial charge in [-0.2, -0.15) is 0 Å². The molecule has 0 fully saturated rings. The van der Waals surface area contributed by atoms with Crippen molar-refractivity contribution in [3.05, 3.63) is 18.3 Å². The van der Waals surface area contributed by atoms with Crippen LogP contribution in [0.2, 0.25) is 0 Å². The van der Waals surface area contributed by atoms with Gasteiger partial charge in [-0.25, -0.2) is 4.98 Å². The van der Waals surface area contributed by atoms with E-state index in [1.807, 2.05) is 19.1 Å². The van der Waals surface area contributed by atoms with Crippen LogP contribution in [0.25, 0.3) is 0 Å². The van der Waals surface area contributed by atoms with Crippen molar-refractivity contribution in [2.45, 2.75) is 26.9 Å². The lowest BCUT2D eigenvalue weighted by Crippen LogP contribution is -2.35. The summed E-state index contributed by atoms with van der Waals surface area (Å²) in [6.07, 6.45) is 1.33. The monoisotopic (exact) mass is 267 g/mol. The fraction of sp³-hybridized carbons (Fsp3) is 0.643. The number of nitrogens with one attached hydrogen (secondary N) is 1. The minimum atomic E-state index is -0.383. The van der Waals surface area contributed by atoms with E-state index >= 15 is 0 Å². The van der Waals surface area contributed by atoms with Crippen LogP contribution in [0.15, 0.2) is 18.3 Å². The topological polar surface area (TPSA) is 57.6 Å². The Balaban J connectivity index is 2.35. The molecule has 0 aliphatic rings.